The maximum atomic E-state index is 2.62. The zero-order chi connectivity index (χ0) is 33.1. The van der Waals surface area contributed by atoms with Gasteiger partial charge in [0, 0.05) is 39.5 Å². The quantitative estimate of drug-likeness (QED) is 0.178. The second-order valence-corrected chi connectivity index (χ2v) is 15.1. The number of rotatable bonds is 7. The van der Waals surface area contributed by atoms with E-state index in [1.165, 1.54) is 50.2 Å². The highest BCUT2D eigenvalue weighted by Gasteiger charge is 2.67. The van der Waals surface area contributed by atoms with Gasteiger partial charge in [-0.25, -0.2) is 0 Å². The van der Waals surface area contributed by atoms with E-state index in [-0.39, 0.29) is 22.4 Å². The number of para-hydroxylation sites is 1. The predicted octanol–water partition coefficient (Wildman–Crippen LogP) is 12.0. The standard InChI is InChI=1S/C46H44N2/c1-44(2,3)34-24-26-35(27-25-34)45(4,5)48(38-19-7-6-8-20-38)39-30-28-37(29-31-39)47(42-23-13-16-33-15-9-10-21-40(33)42)43-41-22-14-18-36-17-11-12-32-46(36,41)43/h6-32,41,43H,1-5H3. The number of hydrogen-bond donors (Lipinski definition) is 0. The molecule has 0 bridgehead atoms. The van der Waals surface area contributed by atoms with Crippen molar-refractivity contribution in [3.63, 3.8) is 0 Å². The highest BCUT2D eigenvalue weighted by atomic mass is 15.2. The van der Waals surface area contributed by atoms with Crippen LogP contribution in [-0.2, 0) is 11.0 Å². The molecule has 2 nitrogen and oxygen atoms in total. The summed E-state index contributed by atoms with van der Waals surface area (Å²) in [6.45, 7) is 11.5. The molecular formula is C46H44N2. The topological polar surface area (TPSA) is 6.48 Å². The molecule has 0 radical (unpaired) electrons. The van der Waals surface area contributed by atoms with Crippen molar-refractivity contribution in [3.05, 3.63) is 181 Å². The molecule has 238 valence electrons. The number of fused-ring (bicyclic) bond motifs is 1. The van der Waals surface area contributed by atoms with Crippen molar-refractivity contribution in [2.75, 3.05) is 9.80 Å². The van der Waals surface area contributed by atoms with Crippen LogP contribution >= 0.6 is 0 Å². The molecule has 0 N–H and O–H groups in total. The van der Waals surface area contributed by atoms with E-state index in [4.69, 9.17) is 0 Å². The Labute approximate surface area is 286 Å². The fraction of sp³-hybridized carbons (Fsp3) is 0.217. The van der Waals surface area contributed by atoms with E-state index >= 15 is 0 Å². The van der Waals surface area contributed by atoms with Crippen LogP contribution in [-0.4, -0.2) is 6.04 Å². The Morgan fingerprint density at radius 3 is 1.98 bits per heavy atom. The molecule has 0 aliphatic heterocycles. The summed E-state index contributed by atoms with van der Waals surface area (Å²) < 4.78 is 0. The normalized spacial score (nSPS) is 21.0. The van der Waals surface area contributed by atoms with E-state index < -0.39 is 0 Å². The highest BCUT2D eigenvalue weighted by molar-refractivity contribution is 5.97. The molecule has 1 saturated carbocycles. The van der Waals surface area contributed by atoms with E-state index in [0.717, 1.165) is 0 Å². The van der Waals surface area contributed by atoms with Crippen molar-refractivity contribution in [3.8, 4) is 0 Å². The lowest BCUT2D eigenvalue weighted by Crippen LogP contribution is -2.38. The smallest absolute Gasteiger partial charge is 0.0646 e. The first kappa shape index (κ1) is 30.3. The van der Waals surface area contributed by atoms with Gasteiger partial charge in [-0.1, -0.05) is 142 Å². The van der Waals surface area contributed by atoms with Crippen molar-refractivity contribution in [2.45, 2.75) is 51.6 Å². The van der Waals surface area contributed by atoms with Crippen LogP contribution in [0.4, 0.5) is 22.7 Å². The average molecular weight is 625 g/mol. The molecule has 0 aromatic heterocycles. The molecule has 0 heterocycles. The van der Waals surface area contributed by atoms with Gasteiger partial charge in [-0.05, 0) is 83.8 Å². The second kappa shape index (κ2) is 11.3. The maximum Gasteiger partial charge on any atom is 0.0646 e. The highest BCUT2D eigenvalue weighted by Crippen LogP contribution is 2.66. The molecule has 5 aromatic carbocycles. The van der Waals surface area contributed by atoms with E-state index in [1.54, 1.807) is 0 Å². The van der Waals surface area contributed by atoms with Crippen LogP contribution in [0.3, 0.4) is 0 Å². The second-order valence-electron chi connectivity index (χ2n) is 15.1. The lowest BCUT2D eigenvalue weighted by molar-refractivity contribution is 0.533. The maximum absolute atomic E-state index is 2.62. The molecule has 1 fully saturated rings. The van der Waals surface area contributed by atoms with Crippen LogP contribution in [0.25, 0.3) is 10.8 Å². The van der Waals surface area contributed by atoms with Crippen LogP contribution in [0.2, 0.25) is 0 Å². The summed E-state index contributed by atoms with van der Waals surface area (Å²) in [6.07, 6.45) is 16.1. The Bertz CT molecular complexity index is 2080. The summed E-state index contributed by atoms with van der Waals surface area (Å²) in [4.78, 5) is 5.10. The van der Waals surface area contributed by atoms with Gasteiger partial charge in [-0.3, -0.25) is 0 Å². The largest absolute Gasteiger partial charge is 0.336 e. The first-order valence-corrected chi connectivity index (χ1v) is 17.3. The van der Waals surface area contributed by atoms with Gasteiger partial charge in [0.05, 0.1) is 11.6 Å². The Morgan fingerprint density at radius 1 is 0.583 bits per heavy atom. The van der Waals surface area contributed by atoms with E-state index in [2.05, 4.69) is 208 Å². The molecule has 0 amide bonds. The fourth-order valence-corrected chi connectivity index (χ4v) is 8.23. The molecule has 8 rings (SSSR count). The van der Waals surface area contributed by atoms with Crippen molar-refractivity contribution in [2.24, 2.45) is 11.3 Å². The third kappa shape index (κ3) is 4.85. The van der Waals surface area contributed by atoms with E-state index in [1.807, 2.05) is 0 Å². The minimum atomic E-state index is -0.303. The number of anilines is 4. The number of hydrogen-bond acceptors (Lipinski definition) is 2. The third-order valence-electron chi connectivity index (χ3n) is 10.8. The molecule has 48 heavy (non-hydrogen) atoms. The third-order valence-corrected chi connectivity index (χ3v) is 10.8. The Hall–Kier alpha value is -5.08. The summed E-state index contributed by atoms with van der Waals surface area (Å²) in [5.74, 6) is 0.410. The lowest BCUT2D eigenvalue weighted by Gasteiger charge is -2.41. The summed E-state index contributed by atoms with van der Waals surface area (Å²) in [7, 11) is 0. The van der Waals surface area contributed by atoms with Crippen molar-refractivity contribution in [1.82, 2.24) is 0 Å². The molecular weight excluding hydrogens is 581 g/mol. The molecule has 3 aliphatic carbocycles. The monoisotopic (exact) mass is 624 g/mol. The number of allylic oxidation sites excluding steroid dienone is 5. The van der Waals surface area contributed by atoms with Crippen LogP contribution in [0, 0.1) is 11.3 Å². The number of benzene rings is 5. The summed E-state index contributed by atoms with van der Waals surface area (Å²) >= 11 is 0. The van der Waals surface area contributed by atoms with Gasteiger partial charge in [0.1, 0.15) is 0 Å². The van der Waals surface area contributed by atoms with Gasteiger partial charge < -0.3 is 9.80 Å². The van der Waals surface area contributed by atoms with Crippen molar-refractivity contribution >= 4 is 33.5 Å². The van der Waals surface area contributed by atoms with Crippen LogP contribution in [0.1, 0.15) is 45.7 Å². The van der Waals surface area contributed by atoms with Gasteiger partial charge in [0.25, 0.3) is 0 Å². The van der Waals surface area contributed by atoms with Gasteiger partial charge in [0.2, 0.25) is 0 Å². The molecule has 3 aliphatic rings. The van der Waals surface area contributed by atoms with Gasteiger partial charge in [0.15, 0.2) is 0 Å². The van der Waals surface area contributed by atoms with E-state index in [9.17, 15) is 0 Å². The average Bonchev–Trinajstić information content (AvgIpc) is 3.75. The Morgan fingerprint density at radius 2 is 1.23 bits per heavy atom. The van der Waals surface area contributed by atoms with Crippen molar-refractivity contribution < 1.29 is 0 Å². The first-order chi connectivity index (χ1) is 23.2. The van der Waals surface area contributed by atoms with E-state index in [0.29, 0.717) is 5.92 Å². The molecule has 0 saturated heterocycles. The lowest BCUT2D eigenvalue weighted by atomic mass is 9.84. The summed E-state index contributed by atoms with van der Waals surface area (Å²) in [5, 5.41) is 2.54. The van der Waals surface area contributed by atoms with Gasteiger partial charge in [-0.2, -0.15) is 0 Å². The number of nitrogens with zero attached hydrogens (tertiary/aromatic N) is 2. The molecule has 5 aromatic rings. The van der Waals surface area contributed by atoms with Gasteiger partial charge >= 0.3 is 0 Å². The Kier molecular flexibility index (Phi) is 7.11. The van der Waals surface area contributed by atoms with Crippen LogP contribution in [0.15, 0.2) is 169 Å². The van der Waals surface area contributed by atoms with Gasteiger partial charge in [-0.15, -0.1) is 0 Å². The summed E-state index contributed by atoms with van der Waals surface area (Å²) in [6, 6.07) is 45.1. The summed E-state index contributed by atoms with van der Waals surface area (Å²) in [5.41, 5.74) is 8.63. The Balaban J connectivity index is 1.24. The molecule has 1 spiro atoms. The zero-order valence-electron chi connectivity index (χ0n) is 28.6. The molecule has 3 unspecified atom stereocenters. The first-order valence-electron chi connectivity index (χ1n) is 17.3. The van der Waals surface area contributed by atoms with Crippen molar-refractivity contribution in [1.29, 1.82) is 0 Å². The van der Waals surface area contributed by atoms with Crippen LogP contribution < -0.4 is 9.80 Å². The van der Waals surface area contributed by atoms with Crippen LogP contribution in [0.5, 0.6) is 0 Å². The molecule has 3 atom stereocenters. The SMILES string of the molecule is CC(C)(C)c1ccc(C(C)(C)N(c2ccccc2)c2ccc(N(c3cccc4ccccc34)C3C4C=CC=C5C=CC=CC543)cc2)cc1. The zero-order valence-corrected chi connectivity index (χ0v) is 28.6. The predicted molar refractivity (Wildman–Crippen MR) is 204 cm³/mol. The fourth-order valence-electron chi connectivity index (χ4n) is 8.23. The minimum absolute atomic E-state index is 0.0175. The minimum Gasteiger partial charge on any atom is -0.336 e. The molecule has 2 heteroatoms.